The molecule has 0 radical (unpaired) electrons. The van der Waals surface area contributed by atoms with E-state index in [-0.39, 0.29) is 24.2 Å². The number of rotatable bonds is 8. The maximum absolute atomic E-state index is 12.3. The molecule has 1 amide bonds. The average molecular weight is 325 g/mol. The predicted octanol–water partition coefficient (Wildman–Crippen LogP) is 3.44. The molecule has 0 saturated carbocycles. The Labute approximate surface area is 142 Å². The standard InChI is InChI=1S/C20H23NO3/c1-15(12-20(23)24)14-21-19(22)13-18(16-8-4-2-5-9-16)17-10-6-3-7-11-17/h2-11,15,18H,12-14H2,1H3,(H,21,22)(H,23,24). The Kier molecular flexibility index (Phi) is 6.55. The molecule has 0 spiro atoms. The van der Waals surface area contributed by atoms with Crippen LogP contribution in [0.2, 0.25) is 0 Å². The van der Waals surface area contributed by atoms with E-state index >= 15 is 0 Å². The minimum atomic E-state index is -0.844. The Bertz CT molecular complexity index is 616. The number of hydrogen-bond donors (Lipinski definition) is 2. The Hall–Kier alpha value is -2.62. The van der Waals surface area contributed by atoms with Crippen LogP contribution in [0.25, 0.3) is 0 Å². The SMILES string of the molecule is CC(CNC(=O)CC(c1ccccc1)c1ccccc1)CC(=O)O. The summed E-state index contributed by atoms with van der Waals surface area (Å²) in [4.78, 5) is 23.0. The molecule has 0 bridgehead atoms. The highest BCUT2D eigenvalue weighted by Crippen LogP contribution is 2.27. The minimum Gasteiger partial charge on any atom is -0.481 e. The average Bonchev–Trinajstić information content (AvgIpc) is 2.59. The second kappa shape index (κ2) is 8.87. The smallest absolute Gasteiger partial charge is 0.303 e. The van der Waals surface area contributed by atoms with Crippen molar-refractivity contribution in [2.75, 3.05) is 6.54 Å². The lowest BCUT2D eigenvalue weighted by Crippen LogP contribution is -2.30. The molecule has 0 saturated heterocycles. The molecule has 2 N–H and O–H groups in total. The number of benzene rings is 2. The van der Waals surface area contributed by atoms with Crippen LogP contribution in [0, 0.1) is 5.92 Å². The molecule has 1 unspecified atom stereocenters. The molecule has 24 heavy (non-hydrogen) atoms. The fourth-order valence-corrected chi connectivity index (χ4v) is 2.71. The maximum atomic E-state index is 12.3. The van der Waals surface area contributed by atoms with Crippen molar-refractivity contribution >= 4 is 11.9 Å². The molecule has 0 aliphatic heterocycles. The monoisotopic (exact) mass is 325 g/mol. The molecule has 0 aliphatic rings. The van der Waals surface area contributed by atoms with Gasteiger partial charge in [0, 0.05) is 25.3 Å². The fraction of sp³-hybridized carbons (Fsp3) is 0.300. The summed E-state index contributed by atoms with van der Waals surface area (Å²) in [6.07, 6.45) is 0.398. The van der Waals surface area contributed by atoms with Gasteiger partial charge in [-0.2, -0.15) is 0 Å². The Balaban J connectivity index is 2.04. The summed E-state index contributed by atoms with van der Waals surface area (Å²) in [6, 6.07) is 19.9. The Morgan fingerprint density at radius 2 is 1.42 bits per heavy atom. The highest BCUT2D eigenvalue weighted by molar-refractivity contribution is 5.77. The lowest BCUT2D eigenvalue weighted by molar-refractivity contribution is -0.138. The van der Waals surface area contributed by atoms with Gasteiger partial charge in [0.25, 0.3) is 0 Å². The van der Waals surface area contributed by atoms with Crippen molar-refractivity contribution in [1.29, 1.82) is 0 Å². The van der Waals surface area contributed by atoms with Crippen LogP contribution in [0.5, 0.6) is 0 Å². The molecule has 1 atom stereocenters. The number of carboxylic acid groups (broad SMARTS) is 1. The van der Waals surface area contributed by atoms with Crippen molar-refractivity contribution in [1.82, 2.24) is 5.32 Å². The molecule has 0 fully saturated rings. The number of carboxylic acids is 1. The van der Waals surface area contributed by atoms with Gasteiger partial charge in [-0.1, -0.05) is 67.6 Å². The topological polar surface area (TPSA) is 66.4 Å². The summed E-state index contributed by atoms with van der Waals surface area (Å²) in [6.45, 7) is 2.20. The Morgan fingerprint density at radius 1 is 0.917 bits per heavy atom. The number of amides is 1. The normalized spacial score (nSPS) is 11.9. The van der Waals surface area contributed by atoms with Crippen molar-refractivity contribution in [3.05, 3.63) is 71.8 Å². The van der Waals surface area contributed by atoms with E-state index in [1.54, 1.807) is 0 Å². The second-order valence-corrected chi connectivity index (χ2v) is 6.09. The number of hydrogen-bond acceptors (Lipinski definition) is 2. The summed E-state index contributed by atoms with van der Waals surface area (Å²) in [5, 5.41) is 11.6. The van der Waals surface area contributed by atoms with Crippen LogP contribution in [0.15, 0.2) is 60.7 Å². The van der Waals surface area contributed by atoms with E-state index in [0.29, 0.717) is 13.0 Å². The third-order valence-corrected chi connectivity index (χ3v) is 3.96. The molecular weight excluding hydrogens is 302 g/mol. The zero-order valence-electron chi connectivity index (χ0n) is 13.8. The molecule has 4 nitrogen and oxygen atoms in total. The molecule has 0 aliphatic carbocycles. The summed E-state index contributed by atoms with van der Waals surface area (Å²) in [7, 11) is 0. The van der Waals surface area contributed by atoms with Crippen LogP contribution in [0.1, 0.15) is 36.8 Å². The van der Waals surface area contributed by atoms with Crippen molar-refractivity contribution < 1.29 is 14.7 Å². The number of aliphatic carboxylic acids is 1. The molecule has 126 valence electrons. The number of nitrogens with one attached hydrogen (secondary N) is 1. The largest absolute Gasteiger partial charge is 0.481 e. The first kappa shape index (κ1) is 17.7. The van der Waals surface area contributed by atoms with Gasteiger partial charge < -0.3 is 10.4 Å². The molecule has 2 aromatic carbocycles. The van der Waals surface area contributed by atoms with E-state index in [1.165, 1.54) is 0 Å². The highest BCUT2D eigenvalue weighted by Gasteiger charge is 2.18. The third kappa shape index (κ3) is 5.54. The van der Waals surface area contributed by atoms with Crippen molar-refractivity contribution in [3.8, 4) is 0 Å². The first-order valence-electron chi connectivity index (χ1n) is 8.14. The van der Waals surface area contributed by atoms with Crippen LogP contribution in [-0.2, 0) is 9.59 Å². The van der Waals surface area contributed by atoms with E-state index in [9.17, 15) is 9.59 Å². The van der Waals surface area contributed by atoms with Gasteiger partial charge in [0.15, 0.2) is 0 Å². The fourth-order valence-electron chi connectivity index (χ4n) is 2.71. The molecular formula is C20H23NO3. The van der Waals surface area contributed by atoms with Crippen LogP contribution in [-0.4, -0.2) is 23.5 Å². The lowest BCUT2D eigenvalue weighted by atomic mass is 9.88. The van der Waals surface area contributed by atoms with Crippen molar-refractivity contribution in [2.24, 2.45) is 5.92 Å². The van der Waals surface area contributed by atoms with Gasteiger partial charge in [0.05, 0.1) is 0 Å². The maximum Gasteiger partial charge on any atom is 0.303 e. The number of carbonyl (C=O) groups excluding carboxylic acids is 1. The molecule has 0 aromatic heterocycles. The van der Waals surface area contributed by atoms with E-state index in [1.807, 2.05) is 67.6 Å². The van der Waals surface area contributed by atoms with Crippen LogP contribution in [0.3, 0.4) is 0 Å². The van der Waals surface area contributed by atoms with E-state index < -0.39 is 5.97 Å². The predicted molar refractivity (Wildman–Crippen MR) is 93.8 cm³/mol. The third-order valence-electron chi connectivity index (χ3n) is 3.96. The summed E-state index contributed by atoms with van der Waals surface area (Å²) in [5.74, 6) is -1.01. The molecule has 2 rings (SSSR count). The van der Waals surface area contributed by atoms with Crippen LogP contribution >= 0.6 is 0 Å². The summed E-state index contributed by atoms with van der Waals surface area (Å²) in [5.41, 5.74) is 2.19. The molecule has 0 heterocycles. The van der Waals surface area contributed by atoms with Gasteiger partial charge >= 0.3 is 5.97 Å². The van der Waals surface area contributed by atoms with Gasteiger partial charge in [0.1, 0.15) is 0 Å². The lowest BCUT2D eigenvalue weighted by Gasteiger charge is -2.18. The first-order valence-corrected chi connectivity index (χ1v) is 8.14. The van der Waals surface area contributed by atoms with Crippen molar-refractivity contribution in [3.63, 3.8) is 0 Å². The molecule has 4 heteroatoms. The number of carbonyl (C=O) groups is 2. The quantitative estimate of drug-likeness (QED) is 0.781. The second-order valence-electron chi connectivity index (χ2n) is 6.09. The van der Waals surface area contributed by atoms with E-state index in [0.717, 1.165) is 11.1 Å². The zero-order chi connectivity index (χ0) is 17.4. The minimum absolute atomic E-state index is 0.0119. The van der Waals surface area contributed by atoms with Crippen molar-refractivity contribution in [2.45, 2.75) is 25.7 Å². The summed E-state index contributed by atoms with van der Waals surface area (Å²) < 4.78 is 0. The zero-order valence-corrected chi connectivity index (χ0v) is 13.8. The Morgan fingerprint density at radius 3 is 1.88 bits per heavy atom. The van der Waals surface area contributed by atoms with E-state index in [4.69, 9.17) is 5.11 Å². The van der Waals surface area contributed by atoms with Gasteiger partial charge in [-0.15, -0.1) is 0 Å². The van der Waals surface area contributed by atoms with Gasteiger partial charge in [-0.25, -0.2) is 0 Å². The van der Waals surface area contributed by atoms with Gasteiger partial charge in [0.2, 0.25) is 5.91 Å². The molecule has 2 aromatic rings. The van der Waals surface area contributed by atoms with Crippen LogP contribution in [0.4, 0.5) is 0 Å². The van der Waals surface area contributed by atoms with Crippen LogP contribution < -0.4 is 5.32 Å². The van der Waals surface area contributed by atoms with E-state index in [2.05, 4.69) is 5.32 Å². The first-order chi connectivity index (χ1) is 11.6. The summed E-state index contributed by atoms with van der Waals surface area (Å²) >= 11 is 0. The highest BCUT2D eigenvalue weighted by atomic mass is 16.4. The van der Waals surface area contributed by atoms with Gasteiger partial charge in [-0.05, 0) is 17.0 Å². The van der Waals surface area contributed by atoms with Gasteiger partial charge in [-0.3, -0.25) is 9.59 Å².